The monoisotopic (exact) mass is 187 g/mol. The van der Waals surface area contributed by atoms with Crippen LogP contribution >= 0.6 is 0 Å². The van der Waals surface area contributed by atoms with Crippen molar-refractivity contribution in [2.45, 2.75) is 31.8 Å². The van der Waals surface area contributed by atoms with Crippen molar-refractivity contribution in [3.8, 4) is 6.07 Å². The fourth-order valence-electron chi connectivity index (χ4n) is 1.33. The number of hydrogen-bond acceptors (Lipinski definition) is 3. The van der Waals surface area contributed by atoms with Crippen LogP contribution in [0.15, 0.2) is 18.3 Å². The zero-order valence-electron chi connectivity index (χ0n) is 8.25. The molecule has 0 aliphatic heterocycles. The topological polar surface area (TPSA) is 48.7 Å². The van der Waals surface area contributed by atoms with Gasteiger partial charge in [-0.2, -0.15) is 5.26 Å². The molecule has 3 heteroatoms. The Morgan fingerprint density at radius 1 is 1.64 bits per heavy atom. The van der Waals surface area contributed by atoms with Crippen molar-refractivity contribution in [3.63, 3.8) is 0 Å². The highest BCUT2D eigenvalue weighted by molar-refractivity contribution is 5.25. The zero-order valence-corrected chi connectivity index (χ0v) is 8.25. The summed E-state index contributed by atoms with van der Waals surface area (Å²) >= 11 is 0. The van der Waals surface area contributed by atoms with Gasteiger partial charge in [0.1, 0.15) is 11.8 Å². The number of pyridine rings is 1. The number of nitrogens with zero attached hydrogens (tertiary/aromatic N) is 2. The van der Waals surface area contributed by atoms with E-state index in [9.17, 15) is 0 Å². The highest BCUT2D eigenvalue weighted by Gasteiger charge is 2.36. The van der Waals surface area contributed by atoms with Gasteiger partial charge in [0.15, 0.2) is 0 Å². The summed E-state index contributed by atoms with van der Waals surface area (Å²) in [5.41, 5.74) is 1.96. The van der Waals surface area contributed by atoms with Crippen molar-refractivity contribution in [3.05, 3.63) is 29.6 Å². The van der Waals surface area contributed by atoms with Gasteiger partial charge in [-0.05, 0) is 37.5 Å². The lowest BCUT2D eigenvalue weighted by Gasteiger charge is -2.10. The maximum atomic E-state index is 8.67. The molecule has 1 aliphatic carbocycles. The summed E-state index contributed by atoms with van der Waals surface area (Å²) in [4.78, 5) is 3.93. The van der Waals surface area contributed by atoms with Gasteiger partial charge in [-0.3, -0.25) is 0 Å². The Bertz CT molecular complexity index is 374. The molecule has 0 unspecified atom stereocenters. The number of rotatable bonds is 3. The quantitative estimate of drug-likeness (QED) is 0.781. The van der Waals surface area contributed by atoms with Crippen LogP contribution in [0.25, 0.3) is 0 Å². The third-order valence-corrected chi connectivity index (χ3v) is 2.66. The number of nitriles is 1. The van der Waals surface area contributed by atoms with Crippen LogP contribution < -0.4 is 5.32 Å². The summed E-state index contributed by atoms with van der Waals surface area (Å²) in [6.07, 6.45) is 4.19. The SMILES string of the molecule is CC1(NCc2ccnc(C#N)c2)CC1. The van der Waals surface area contributed by atoms with E-state index >= 15 is 0 Å². The van der Waals surface area contributed by atoms with E-state index in [2.05, 4.69) is 17.2 Å². The van der Waals surface area contributed by atoms with E-state index in [-0.39, 0.29) is 0 Å². The van der Waals surface area contributed by atoms with E-state index < -0.39 is 0 Å². The van der Waals surface area contributed by atoms with E-state index in [1.54, 1.807) is 6.20 Å². The molecular formula is C11H13N3. The fraction of sp³-hybridized carbons (Fsp3) is 0.455. The van der Waals surface area contributed by atoms with Gasteiger partial charge < -0.3 is 5.32 Å². The molecule has 1 fully saturated rings. The van der Waals surface area contributed by atoms with Crippen molar-refractivity contribution in [1.82, 2.24) is 10.3 Å². The van der Waals surface area contributed by atoms with Crippen molar-refractivity contribution >= 4 is 0 Å². The Balaban J connectivity index is 1.99. The Labute approximate surface area is 83.8 Å². The van der Waals surface area contributed by atoms with Gasteiger partial charge >= 0.3 is 0 Å². The van der Waals surface area contributed by atoms with E-state index in [1.165, 1.54) is 12.8 Å². The average molecular weight is 187 g/mol. The first-order chi connectivity index (χ1) is 6.72. The molecule has 1 aliphatic rings. The van der Waals surface area contributed by atoms with Crippen molar-refractivity contribution in [1.29, 1.82) is 5.26 Å². The molecule has 1 aromatic rings. The van der Waals surface area contributed by atoms with Crippen LogP contribution in [-0.2, 0) is 6.54 Å². The van der Waals surface area contributed by atoms with E-state index in [0.29, 0.717) is 11.2 Å². The molecule has 0 radical (unpaired) electrons. The normalized spacial score (nSPS) is 17.4. The van der Waals surface area contributed by atoms with Crippen LogP contribution in [0.5, 0.6) is 0 Å². The van der Waals surface area contributed by atoms with E-state index in [0.717, 1.165) is 12.1 Å². The van der Waals surface area contributed by atoms with Crippen molar-refractivity contribution in [2.75, 3.05) is 0 Å². The molecule has 0 spiro atoms. The fourth-order valence-corrected chi connectivity index (χ4v) is 1.33. The van der Waals surface area contributed by atoms with Crippen LogP contribution in [0.1, 0.15) is 31.0 Å². The summed E-state index contributed by atoms with van der Waals surface area (Å²) in [5.74, 6) is 0. The minimum absolute atomic E-state index is 0.343. The predicted molar refractivity (Wildman–Crippen MR) is 53.4 cm³/mol. The van der Waals surface area contributed by atoms with Crippen molar-refractivity contribution < 1.29 is 0 Å². The second-order valence-electron chi connectivity index (χ2n) is 4.08. The summed E-state index contributed by atoms with van der Waals surface area (Å²) in [7, 11) is 0. The largest absolute Gasteiger partial charge is 0.307 e. The van der Waals surface area contributed by atoms with Gasteiger partial charge in [0.05, 0.1) is 0 Å². The maximum absolute atomic E-state index is 8.67. The first-order valence-corrected chi connectivity index (χ1v) is 4.82. The van der Waals surface area contributed by atoms with Gasteiger partial charge in [0.2, 0.25) is 0 Å². The lowest BCUT2D eigenvalue weighted by Crippen LogP contribution is -2.26. The molecule has 0 bridgehead atoms. The van der Waals surface area contributed by atoms with Crippen LogP contribution in [0.2, 0.25) is 0 Å². The van der Waals surface area contributed by atoms with Gasteiger partial charge in [-0.25, -0.2) is 4.98 Å². The molecule has 3 nitrogen and oxygen atoms in total. The van der Waals surface area contributed by atoms with Crippen LogP contribution in [0.4, 0.5) is 0 Å². The lowest BCUT2D eigenvalue weighted by atomic mass is 10.2. The summed E-state index contributed by atoms with van der Waals surface area (Å²) < 4.78 is 0. The third-order valence-electron chi connectivity index (χ3n) is 2.66. The molecule has 0 saturated heterocycles. The Morgan fingerprint density at radius 3 is 3.07 bits per heavy atom. The Morgan fingerprint density at radius 2 is 2.43 bits per heavy atom. The minimum Gasteiger partial charge on any atom is -0.307 e. The molecular weight excluding hydrogens is 174 g/mol. The molecule has 1 saturated carbocycles. The summed E-state index contributed by atoms with van der Waals surface area (Å²) in [5, 5.41) is 12.1. The standard InChI is InChI=1S/C11H13N3/c1-11(3-4-11)14-8-9-2-5-13-10(6-9)7-12/h2,5-6,14H,3-4,8H2,1H3. The maximum Gasteiger partial charge on any atom is 0.140 e. The molecule has 2 rings (SSSR count). The zero-order chi connectivity index (χ0) is 10.0. The molecule has 1 N–H and O–H groups in total. The predicted octanol–water partition coefficient (Wildman–Crippen LogP) is 1.60. The smallest absolute Gasteiger partial charge is 0.140 e. The number of nitrogens with one attached hydrogen (secondary N) is 1. The average Bonchev–Trinajstić information content (AvgIpc) is 2.95. The summed E-state index contributed by atoms with van der Waals surface area (Å²) in [6, 6.07) is 5.82. The second-order valence-corrected chi connectivity index (χ2v) is 4.08. The lowest BCUT2D eigenvalue weighted by molar-refractivity contribution is 0.537. The van der Waals surface area contributed by atoms with Gasteiger partial charge in [0.25, 0.3) is 0 Å². The molecule has 0 aromatic carbocycles. The Kier molecular flexibility index (Phi) is 2.22. The second kappa shape index (κ2) is 3.39. The minimum atomic E-state index is 0.343. The van der Waals surface area contributed by atoms with E-state index in [4.69, 9.17) is 5.26 Å². The first kappa shape index (κ1) is 9.17. The Hall–Kier alpha value is -1.40. The molecule has 1 aromatic heterocycles. The number of hydrogen-bond donors (Lipinski definition) is 1. The van der Waals surface area contributed by atoms with Gasteiger partial charge in [-0.15, -0.1) is 0 Å². The molecule has 14 heavy (non-hydrogen) atoms. The number of aromatic nitrogens is 1. The van der Waals surface area contributed by atoms with Crippen LogP contribution in [-0.4, -0.2) is 10.5 Å². The summed E-state index contributed by atoms with van der Waals surface area (Å²) in [6.45, 7) is 3.05. The third kappa shape index (κ3) is 2.09. The molecule has 1 heterocycles. The molecule has 0 amide bonds. The highest BCUT2D eigenvalue weighted by atomic mass is 15.0. The molecule has 72 valence electrons. The van der Waals surface area contributed by atoms with Gasteiger partial charge in [-0.1, -0.05) is 0 Å². The van der Waals surface area contributed by atoms with Gasteiger partial charge in [0, 0.05) is 18.3 Å². The van der Waals surface area contributed by atoms with Crippen LogP contribution in [0.3, 0.4) is 0 Å². The van der Waals surface area contributed by atoms with Crippen LogP contribution in [0, 0.1) is 11.3 Å². The highest BCUT2D eigenvalue weighted by Crippen LogP contribution is 2.34. The first-order valence-electron chi connectivity index (χ1n) is 4.82. The van der Waals surface area contributed by atoms with E-state index in [1.807, 2.05) is 18.2 Å². The molecule has 0 atom stereocenters. The van der Waals surface area contributed by atoms with Crippen molar-refractivity contribution in [2.24, 2.45) is 0 Å².